The standard InChI is InChI=1S/C21H25N/c1-3-8-18(9-4-1)16-22(17-19-10-5-2-6-11-19)20-14-21(15-20)12-7-13-21/h1-6,8-11,20H,7,12-17H2. The van der Waals surface area contributed by atoms with Gasteiger partial charge >= 0.3 is 0 Å². The molecule has 0 aliphatic heterocycles. The van der Waals surface area contributed by atoms with Crippen molar-refractivity contribution in [2.45, 2.75) is 51.2 Å². The van der Waals surface area contributed by atoms with Gasteiger partial charge in [-0.1, -0.05) is 67.1 Å². The van der Waals surface area contributed by atoms with Crippen molar-refractivity contribution in [3.8, 4) is 0 Å². The molecular formula is C21H25N. The van der Waals surface area contributed by atoms with Gasteiger partial charge in [-0.05, 0) is 42.2 Å². The van der Waals surface area contributed by atoms with E-state index in [1.54, 1.807) is 0 Å². The summed E-state index contributed by atoms with van der Waals surface area (Å²) in [5.41, 5.74) is 3.62. The van der Waals surface area contributed by atoms with Crippen molar-refractivity contribution in [2.24, 2.45) is 5.41 Å². The molecule has 0 amide bonds. The molecular weight excluding hydrogens is 266 g/mol. The van der Waals surface area contributed by atoms with Crippen LogP contribution in [0.3, 0.4) is 0 Å². The molecule has 2 saturated carbocycles. The van der Waals surface area contributed by atoms with Gasteiger partial charge in [0.25, 0.3) is 0 Å². The fourth-order valence-electron chi connectivity index (χ4n) is 4.23. The fraction of sp³-hybridized carbons (Fsp3) is 0.429. The SMILES string of the molecule is c1ccc(CN(Cc2ccccc2)C2CC3(CCC3)C2)cc1. The second-order valence-electron chi connectivity index (χ2n) is 7.29. The molecule has 0 heterocycles. The molecule has 2 aliphatic carbocycles. The first-order chi connectivity index (χ1) is 10.8. The molecule has 0 unspecified atom stereocenters. The average molecular weight is 291 g/mol. The Hall–Kier alpha value is -1.60. The average Bonchev–Trinajstić information content (AvgIpc) is 2.46. The van der Waals surface area contributed by atoms with E-state index in [-0.39, 0.29) is 0 Å². The van der Waals surface area contributed by atoms with Gasteiger partial charge < -0.3 is 0 Å². The van der Waals surface area contributed by atoms with Gasteiger partial charge in [0.15, 0.2) is 0 Å². The minimum absolute atomic E-state index is 0.746. The van der Waals surface area contributed by atoms with Gasteiger partial charge in [-0.3, -0.25) is 4.90 Å². The lowest BCUT2D eigenvalue weighted by Gasteiger charge is -2.57. The van der Waals surface area contributed by atoms with E-state index in [0.29, 0.717) is 0 Å². The molecule has 1 nitrogen and oxygen atoms in total. The number of rotatable bonds is 5. The molecule has 0 N–H and O–H groups in total. The fourth-order valence-corrected chi connectivity index (χ4v) is 4.23. The molecule has 2 aromatic rings. The molecule has 114 valence electrons. The van der Waals surface area contributed by atoms with Crippen LogP contribution in [0, 0.1) is 5.41 Å². The van der Waals surface area contributed by atoms with Crippen LogP contribution >= 0.6 is 0 Å². The zero-order valence-electron chi connectivity index (χ0n) is 13.2. The summed E-state index contributed by atoms with van der Waals surface area (Å²) in [6.45, 7) is 2.16. The Morgan fingerprint density at radius 2 is 1.27 bits per heavy atom. The van der Waals surface area contributed by atoms with E-state index < -0.39 is 0 Å². The third-order valence-corrected chi connectivity index (χ3v) is 5.72. The minimum atomic E-state index is 0.746. The highest BCUT2D eigenvalue weighted by Gasteiger charge is 2.49. The summed E-state index contributed by atoms with van der Waals surface area (Å²) >= 11 is 0. The van der Waals surface area contributed by atoms with Crippen LogP contribution in [0.4, 0.5) is 0 Å². The second-order valence-corrected chi connectivity index (χ2v) is 7.29. The summed E-state index contributed by atoms with van der Waals surface area (Å²) in [7, 11) is 0. The highest BCUT2D eigenvalue weighted by molar-refractivity contribution is 5.18. The normalized spacial score (nSPS) is 19.9. The number of nitrogens with zero attached hydrogens (tertiary/aromatic N) is 1. The Labute approximate surface area is 134 Å². The largest absolute Gasteiger partial charge is 0.292 e. The van der Waals surface area contributed by atoms with Gasteiger partial charge in [0.2, 0.25) is 0 Å². The number of hydrogen-bond donors (Lipinski definition) is 0. The molecule has 0 atom stereocenters. The van der Waals surface area contributed by atoms with E-state index in [4.69, 9.17) is 0 Å². The molecule has 0 aromatic heterocycles. The van der Waals surface area contributed by atoms with Crippen LogP contribution in [0.1, 0.15) is 43.2 Å². The first kappa shape index (κ1) is 14.0. The van der Waals surface area contributed by atoms with Gasteiger partial charge in [-0.25, -0.2) is 0 Å². The predicted molar refractivity (Wildman–Crippen MR) is 91.4 cm³/mol. The maximum Gasteiger partial charge on any atom is 0.0240 e. The van der Waals surface area contributed by atoms with Crippen LogP contribution in [-0.2, 0) is 13.1 Å². The lowest BCUT2D eigenvalue weighted by Crippen LogP contribution is -2.53. The van der Waals surface area contributed by atoms with Crippen LogP contribution < -0.4 is 0 Å². The molecule has 0 bridgehead atoms. The maximum atomic E-state index is 2.70. The van der Waals surface area contributed by atoms with Crippen molar-refractivity contribution >= 4 is 0 Å². The van der Waals surface area contributed by atoms with Gasteiger partial charge in [0.05, 0.1) is 0 Å². The first-order valence-corrected chi connectivity index (χ1v) is 8.65. The topological polar surface area (TPSA) is 3.24 Å². The Bertz CT molecular complexity index is 551. The highest BCUT2D eigenvalue weighted by atomic mass is 15.2. The van der Waals surface area contributed by atoms with Crippen molar-refractivity contribution in [1.29, 1.82) is 0 Å². The Kier molecular flexibility index (Phi) is 3.75. The van der Waals surface area contributed by atoms with Gasteiger partial charge in [-0.2, -0.15) is 0 Å². The minimum Gasteiger partial charge on any atom is -0.292 e. The van der Waals surface area contributed by atoms with Crippen LogP contribution in [0.25, 0.3) is 0 Å². The summed E-state index contributed by atoms with van der Waals surface area (Å²) in [6, 6.07) is 22.7. The van der Waals surface area contributed by atoms with Crippen molar-refractivity contribution < 1.29 is 0 Å². The van der Waals surface area contributed by atoms with E-state index in [0.717, 1.165) is 24.5 Å². The van der Waals surface area contributed by atoms with Crippen molar-refractivity contribution in [3.05, 3.63) is 71.8 Å². The third kappa shape index (κ3) is 2.83. The number of hydrogen-bond acceptors (Lipinski definition) is 1. The van der Waals surface area contributed by atoms with Gasteiger partial charge in [0.1, 0.15) is 0 Å². The predicted octanol–water partition coefficient (Wildman–Crippen LogP) is 5.02. The summed E-state index contributed by atoms with van der Waals surface area (Å²) in [5, 5.41) is 0. The van der Waals surface area contributed by atoms with E-state index >= 15 is 0 Å². The Balaban J connectivity index is 1.47. The maximum absolute atomic E-state index is 2.70. The van der Waals surface area contributed by atoms with E-state index in [1.807, 2.05) is 0 Å². The van der Waals surface area contributed by atoms with Crippen molar-refractivity contribution in [1.82, 2.24) is 4.90 Å². The van der Waals surface area contributed by atoms with E-state index in [1.165, 1.54) is 43.2 Å². The third-order valence-electron chi connectivity index (χ3n) is 5.72. The summed E-state index contributed by atoms with van der Waals surface area (Å²) in [4.78, 5) is 2.70. The zero-order chi connectivity index (χ0) is 14.8. The van der Waals surface area contributed by atoms with Crippen LogP contribution in [-0.4, -0.2) is 10.9 Å². The first-order valence-electron chi connectivity index (χ1n) is 8.65. The highest BCUT2D eigenvalue weighted by Crippen LogP contribution is 2.57. The van der Waals surface area contributed by atoms with Crippen molar-refractivity contribution in [2.75, 3.05) is 0 Å². The van der Waals surface area contributed by atoms with Crippen LogP contribution in [0.15, 0.2) is 60.7 Å². The quantitative estimate of drug-likeness (QED) is 0.747. The molecule has 2 aliphatic rings. The molecule has 0 saturated heterocycles. The van der Waals surface area contributed by atoms with Gasteiger partial charge in [-0.15, -0.1) is 0 Å². The Morgan fingerprint density at radius 3 is 1.68 bits per heavy atom. The van der Waals surface area contributed by atoms with Crippen molar-refractivity contribution in [3.63, 3.8) is 0 Å². The van der Waals surface area contributed by atoms with E-state index in [9.17, 15) is 0 Å². The molecule has 0 radical (unpaired) electrons. The molecule has 2 aromatic carbocycles. The zero-order valence-corrected chi connectivity index (χ0v) is 13.2. The van der Waals surface area contributed by atoms with Crippen LogP contribution in [0.5, 0.6) is 0 Å². The molecule has 1 spiro atoms. The Morgan fingerprint density at radius 1 is 0.773 bits per heavy atom. The lowest BCUT2D eigenvalue weighted by molar-refractivity contribution is -0.0609. The molecule has 4 rings (SSSR count). The van der Waals surface area contributed by atoms with Crippen LogP contribution in [0.2, 0.25) is 0 Å². The summed E-state index contributed by atoms with van der Waals surface area (Å²) < 4.78 is 0. The number of benzene rings is 2. The molecule has 2 fully saturated rings. The second kappa shape index (κ2) is 5.89. The van der Waals surface area contributed by atoms with Gasteiger partial charge in [0, 0.05) is 19.1 Å². The molecule has 1 heteroatoms. The lowest BCUT2D eigenvalue weighted by atomic mass is 9.54. The van der Waals surface area contributed by atoms with E-state index in [2.05, 4.69) is 65.6 Å². The smallest absolute Gasteiger partial charge is 0.0240 e. The summed E-state index contributed by atoms with van der Waals surface area (Å²) in [5.74, 6) is 0. The monoisotopic (exact) mass is 291 g/mol. The summed E-state index contributed by atoms with van der Waals surface area (Å²) in [6.07, 6.45) is 7.27. The molecule has 22 heavy (non-hydrogen) atoms.